The number of carbonyl (C=O) groups is 4. The van der Waals surface area contributed by atoms with Gasteiger partial charge in [-0.15, -0.1) is 22.7 Å². The molecule has 27 heavy (non-hydrogen) atoms. The van der Waals surface area contributed by atoms with Crippen molar-refractivity contribution in [3.63, 3.8) is 0 Å². The first kappa shape index (κ1) is 20.8. The molecule has 0 aliphatic rings. The van der Waals surface area contributed by atoms with Crippen molar-refractivity contribution >= 4 is 46.2 Å². The SMILES string of the molecule is CC(=O)NCc1ccc(C(=O)COC(=O)CC(NC(C)=O)c2cccs2)s1. The van der Waals surface area contributed by atoms with Crippen LogP contribution in [0.5, 0.6) is 0 Å². The van der Waals surface area contributed by atoms with E-state index in [1.54, 1.807) is 12.1 Å². The molecule has 2 rings (SSSR count). The molecule has 2 aromatic rings. The highest BCUT2D eigenvalue weighted by Gasteiger charge is 2.20. The Morgan fingerprint density at radius 2 is 1.89 bits per heavy atom. The second-order valence-corrected chi connectivity index (χ2v) is 7.88. The lowest BCUT2D eigenvalue weighted by molar-refractivity contribution is -0.143. The molecule has 2 amide bonds. The summed E-state index contributed by atoms with van der Waals surface area (Å²) in [5.41, 5.74) is 0. The van der Waals surface area contributed by atoms with Crippen LogP contribution < -0.4 is 10.6 Å². The Bertz CT molecular complexity index is 814. The van der Waals surface area contributed by atoms with Gasteiger partial charge < -0.3 is 15.4 Å². The second kappa shape index (κ2) is 9.98. The van der Waals surface area contributed by atoms with Crippen molar-refractivity contribution in [2.75, 3.05) is 6.61 Å². The van der Waals surface area contributed by atoms with Gasteiger partial charge >= 0.3 is 5.97 Å². The van der Waals surface area contributed by atoms with Crippen LogP contribution in [0, 0.1) is 0 Å². The fourth-order valence-electron chi connectivity index (χ4n) is 2.23. The summed E-state index contributed by atoms with van der Waals surface area (Å²) in [5.74, 6) is -1.27. The summed E-state index contributed by atoms with van der Waals surface area (Å²) in [4.78, 5) is 48.7. The average molecular weight is 409 g/mol. The fourth-order valence-corrected chi connectivity index (χ4v) is 3.88. The predicted octanol–water partition coefficient (Wildman–Crippen LogP) is 2.44. The van der Waals surface area contributed by atoms with Gasteiger partial charge in [-0.1, -0.05) is 6.07 Å². The molecule has 9 heteroatoms. The van der Waals surface area contributed by atoms with Gasteiger partial charge in [0.25, 0.3) is 0 Å². The van der Waals surface area contributed by atoms with Crippen LogP contribution in [0.25, 0.3) is 0 Å². The van der Waals surface area contributed by atoms with E-state index in [2.05, 4.69) is 10.6 Å². The van der Waals surface area contributed by atoms with E-state index < -0.39 is 12.0 Å². The Morgan fingerprint density at radius 1 is 1.11 bits per heavy atom. The number of hydrogen-bond acceptors (Lipinski definition) is 7. The van der Waals surface area contributed by atoms with Gasteiger partial charge in [0.2, 0.25) is 17.6 Å². The largest absolute Gasteiger partial charge is 0.457 e. The Kier molecular flexibility index (Phi) is 7.68. The van der Waals surface area contributed by atoms with E-state index in [-0.39, 0.29) is 30.6 Å². The van der Waals surface area contributed by atoms with E-state index in [1.807, 2.05) is 17.5 Å². The highest BCUT2D eigenvalue weighted by Crippen LogP contribution is 2.23. The minimum atomic E-state index is -0.564. The van der Waals surface area contributed by atoms with E-state index in [0.29, 0.717) is 11.4 Å². The van der Waals surface area contributed by atoms with Gasteiger partial charge in [0, 0.05) is 23.6 Å². The number of carbonyl (C=O) groups excluding carboxylic acids is 4. The molecule has 1 atom stereocenters. The molecule has 0 aliphatic heterocycles. The van der Waals surface area contributed by atoms with E-state index in [4.69, 9.17) is 4.74 Å². The maximum atomic E-state index is 12.2. The molecule has 0 spiro atoms. The van der Waals surface area contributed by atoms with Crippen LogP contribution in [0.15, 0.2) is 29.6 Å². The number of amides is 2. The molecule has 144 valence electrons. The van der Waals surface area contributed by atoms with Crippen molar-refractivity contribution in [3.05, 3.63) is 44.3 Å². The van der Waals surface area contributed by atoms with Crippen LogP contribution in [0.2, 0.25) is 0 Å². The number of rotatable bonds is 9. The molecule has 2 N–H and O–H groups in total. The van der Waals surface area contributed by atoms with Crippen LogP contribution in [-0.2, 0) is 25.7 Å². The number of Topliss-reactive ketones (excluding diaryl/α,β-unsaturated/α-hetero) is 1. The minimum absolute atomic E-state index is 0.0500. The first-order valence-electron chi connectivity index (χ1n) is 8.17. The second-order valence-electron chi connectivity index (χ2n) is 5.73. The number of nitrogens with one attached hydrogen (secondary N) is 2. The Labute approximate surface area is 164 Å². The molecule has 0 saturated carbocycles. The monoisotopic (exact) mass is 408 g/mol. The zero-order valence-electron chi connectivity index (χ0n) is 14.9. The first-order chi connectivity index (χ1) is 12.8. The molecule has 2 aromatic heterocycles. The normalized spacial score (nSPS) is 11.5. The maximum absolute atomic E-state index is 12.2. The van der Waals surface area contributed by atoms with Gasteiger partial charge in [-0.2, -0.15) is 0 Å². The quantitative estimate of drug-likeness (QED) is 0.490. The van der Waals surface area contributed by atoms with Gasteiger partial charge in [-0.25, -0.2) is 0 Å². The minimum Gasteiger partial charge on any atom is -0.457 e. The van der Waals surface area contributed by atoms with Crippen molar-refractivity contribution < 1.29 is 23.9 Å². The van der Waals surface area contributed by atoms with Gasteiger partial charge in [0.05, 0.1) is 23.9 Å². The number of hydrogen-bond donors (Lipinski definition) is 2. The van der Waals surface area contributed by atoms with Crippen molar-refractivity contribution in [1.82, 2.24) is 10.6 Å². The molecule has 0 aromatic carbocycles. The first-order valence-corrected chi connectivity index (χ1v) is 9.87. The number of esters is 1. The molecule has 1 unspecified atom stereocenters. The highest BCUT2D eigenvalue weighted by molar-refractivity contribution is 7.14. The van der Waals surface area contributed by atoms with Crippen molar-refractivity contribution in [2.45, 2.75) is 32.9 Å². The lowest BCUT2D eigenvalue weighted by Gasteiger charge is -2.15. The lowest BCUT2D eigenvalue weighted by atomic mass is 10.1. The average Bonchev–Trinajstić information content (AvgIpc) is 3.28. The zero-order valence-corrected chi connectivity index (χ0v) is 16.6. The summed E-state index contributed by atoms with van der Waals surface area (Å²) >= 11 is 2.67. The predicted molar refractivity (Wildman–Crippen MR) is 103 cm³/mol. The van der Waals surface area contributed by atoms with Crippen LogP contribution in [0.3, 0.4) is 0 Å². The third kappa shape index (κ3) is 6.95. The fraction of sp³-hybridized carbons (Fsp3) is 0.333. The molecule has 0 fully saturated rings. The van der Waals surface area contributed by atoms with Gasteiger partial charge in [0.1, 0.15) is 0 Å². The summed E-state index contributed by atoms with van der Waals surface area (Å²) in [6.07, 6.45) is -0.0500. The molecular formula is C18H20N2O5S2. The molecule has 0 aliphatic carbocycles. The van der Waals surface area contributed by atoms with E-state index in [0.717, 1.165) is 9.75 Å². The molecule has 0 bridgehead atoms. The lowest BCUT2D eigenvalue weighted by Crippen LogP contribution is -2.28. The summed E-state index contributed by atoms with van der Waals surface area (Å²) in [6, 6.07) is 6.57. The van der Waals surface area contributed by atoms with Crippen LogP contribution in [0.4, 0.5) is 0 Å². The third-order valence-electron chi connectivity index (χ3n) is 3.45. The number of ketones is 1. The van der Waals surface area contributed by atoms with Crippen LogP contribution >= 0.6 is 22.7 Å². The Hall–Kier alpha value is -2.52. The summed E-state index contributed by atoms with van der Waals surface area (Å²) in [5, 5.41) is 7.22. The Balaban J connectivity index is 1.85. The smallest absolute Gasteiger partial charge is 0.308 e. The van der Waals surface area contributed by atoms with Crippen LogP contribution in [-0.4, -0.2) is 30.2 Å². The summed E-state index contributed by atoms with van der Waals surface area (Å²) in [7, 11) is 0. The topological polar surface area (TPSA) is 102 Å². The van der Waals surface area contributed by atoms with Crippen LogP contribution in [0.1, 0.15) is 45.7 Å². The number of thiophene rings is 2. The summed E-state index contributed by atoms with van der Waals surface area (Å²) < 4.78 is 5.08. The number of ether oxygens (including phenoxy) is 1. The molecule has 0 saturated heterocycles. The van der Waals surface area contributed by atoms with E-state index >= 15 is 0 Å². The van der Waals surface area contributed by atoms with E-state index in [9.17, 15) is 19.2 Å². The van der Waals surface area contributed by atoms with Crippen molar-refractivity contribution in [1.29, 1.82) is 0 Å². The standard InChI is InChI=1S/C18H20N2O5S2/c1-11(21)19-9-13-5-6-17(27-13)15(23)10-25-18(24)8-14(20-12(2)22)16-4-3-7-26-16/h3-7,14H,8-10H2,1-2H3,(H,19,21)(H,20,22). The van der Waals surface area contributed by atoms with Gasteiger partial charge in [-0.05, 0) is 23.6 Å². The van der Waals surface area contributed by atoms with Crippen molar-refractivity contribution in [3.8, 4) is 0 Å². The molecule has 7 nitrogen and oxygen atoms in total. The zero-order chi connectivity index (χ0) is 19.8. The molecule has 2 heterocycles. The maximum Gasteiger partial charge on any atom is 0.308 e. The summed E-state index contributed by atoms with van der Waals surface area (Å²) in [6.45, 7) is 2.79. The van der Waals surface area contributed by atoms with Gasteiger partial charge in [-0.3, -0.25) is 19.2 Å². The molecule has 0 radical (unpaired) electrons. The molecular weight excluding hydrogens is 388 g/mol. The Morgan fingerprint density at radius 3 is 2.52 bits per heavy atom. The highest BCUT2D eigenvalue weighted by atomic mass is 32.1. The van der Waals surface area contributed by atoms with Crippen molar-refractivity contribution in [2.24, 2.45) is 0 Å². The third-order valence-corrected chi connectivity index (χ3v) is 5.56. The van der Waals surface area contributed by atoms with E-state index in [1.165, 1.54) is 36.5 Å². The van der Waals surface area contributed by atoms with Gasteiger partial charge in [0.15, 0.2) is 6.61 Å².